The summed E-state index contributed by atoms with van der Waals surface area (Å²) in [4.78, 5) is 28.3. The Morgan fingerprint density at radius 1 is 1.08 bits per heavy atom. The van der Waals surface area contributed by atoms with Crippen LogP contribution >= 0.6 is 22.7 Å². The highest BCUT2D eigenvalue weighted by Gasteiger charge is 2.26. The van der Waals surface area contributed by atoms with E-state index in [9.17, 15) is 9.59 Å². The van der Waals surface area contributed by atoms with E-state index in [1.807, 2.05) is 58.1 Å². The first kappa shape index (κ1) is 16.1. The Bertz CT molecular complexity index is 902. The summed E-state index contributed by atoms with van der Waals surface area (Å²) < 4.78 is 0. The second kappa shape index (κ2) is 6.82. The van der Waals surface area contributed by atoms with Crippen LogP contribution in [0.25, 0.3) is 0 Å². The summed E-state index contributed by atoms with van der Waals surface area (Å²) >= 11 is 3.04. The molecule has 25 heavy (non-hydrogen) atoms. The van der Waals surface area contributed by atoms with Crippen molar-refractivity contribution in [3.05, 3.63) is 68.5 Å². The van der Waals surface area contributed by atoms with Gasteiger partial charge in [-0.3, -0.25) is 9.59 Å². The molecule has 0 saturated carbocycles. The lowest BCUT2D eigenvalue weighted by molar-refractivity contribution is -0.115. The minimum absolute atomic E-state index is 0.0214. The average Bonchev–Trinajstić information content (AvgIpc) is 3.35. The van der Waals surface area contributed by atoms with Gasteiger partial charge in [0.25, 0.3) is 5.91 Å². The number of nitrogens with one attached hydrogen (secondary N) is 1. The summed E-state index contributed by atoms with van der Waals surface area (Å²) in [6.45, 7) is 0.679. The number of hydrogen-bond acceptors (Lipinski definition) is 4. The lowest BCUT2D eigenvalue weighted by atomic mass is 10.1. The standard InChI is InChI=1S/C19H16N2O2S2/c22-18(12-15-3-1-9-24-15)20-14-5-6-16-13(11-14)7-8-21(16)19(23)17-4-2-10-25-17/h1-6,9-11H,7-8,12H2,(H,20,22). The molecule has 0 atom stereocenters. The molecule has 126 valence electrons. The average molecular weight is 368 g/mol. The van der Waals surface area contributed by atoms with E-state index in [4.69, 9.17) is 0 Å². The van der Waals surface area contributed by atoms with Gasteiger partial charge < -0.3 is 10.2 Å². The Labute approximate surface area is 153 Å². The van der Waals surface area contributed by atoms with Crippen molar-refractivity contribution in [3.63, 3.8) is 0 Å². The number of carbonyl (C=O) groups is 2. The fourth-order valence-corrected chi connectivity index (χ4v) is 4.38. The summed E-state index contributed by atoms with van der Waals surface area (Å²) in [5.41, 5.74) is 2.82. The first-order valence-electron chi connectivity index (χ1n) is 8.01. The quantitative estimate of drug-likeness (QED) is 0.750. The summed E-state index contributed by atoms with van der Waals surface area (Å²) in [5.74, 6) is 0.0233. The second-order valence-corrected chi connectivity index (χ2v) is 7.81. The third-order valence-electron chi connectivity index (χ3n) is 4.15. The molecule has 1 aromatic carbocycles. The Morgan fingerprint density at radius 3 is 2.68 bits per heavy atom. The van der Waals surface area contributed by atoms with Crippen LogP contribution in [0.2, 0.25) is 0 Å². The summed E-state index contributed by atoms with van der Waals surface area (Å²) in [5, 5.41) is 6.83. The molecule has 2 amide bonds. The molecule has 4 rings (SSSR count). The molecule has 0 spiro atoms. The Hall–Kier alpha value is -2.44. The maximum absolute atomic E-state index is 12.6. The molecule has 6 heteroatoms. The zero-order valence-corrected chi connectivity index (χ0v) is 15.0. The molecule has 0 radical (unpaired) electrons. The van der Waals surface area contributed by atoms with Gasteiger partial charge in [0.05, 0.1) is 11.3 Å². The van der Waals surface area contributed by atoms with Crippen molar-refractivity contribution in [1.29, 1.82) is 0 Å². The van der Waals surface area contributed by atoms with Crippen molar-refractivity contribution >= 4 is 45.9 Å². The predicted octanol–water partition coefficient (Wildman–Crippen LogP) is 4.19. The number of hydrogen-bond donors (Lipinski definition) is 1. The minimum atomic E-state index is -0.0214. The third kappa shape index (κ3) is 3.36. The van der Waals surface area contributed by atoms with E-state index in [2.05, 4.69) is 5.32 Å². The molecule has 1 N–H and O–H groups in total. The van der Waals surface area contributed by atoms with Crippen LogP contribution in [0.15, 0.2) is 53.2 Å². The molecule has 0 fully saturated rings. The number of anilines is 2. The number of rotatable bonds is 4. The van der Waals surface area contributed by atoms with Gasteiger partial charge in [-0.2, -0.15) is 0 Å². The zero-order valence-electron chi connectivity index (χ0n) is 13.4. The van der Waals surface area contributed by atoms with Crippen molar-refractivity contribution in [2.24, 2.45) is 0 Å². The topological polar surface area (TPSA) is 49.4 Å². The van der Waals surface area contributed by atoms with Gasteiger partial charge in [-0.05, 0) is 53.1 Å². The van der Waals surface area contributed by atoms with Gasteiger partial charge in [0.1, 0.15) is 0 Å². The molecule has 3 heterocycles. The first-order valence-corrected chi connectivity index (χ1v) is 9.77. The van der Waals surface area contributed by atoms with E-state index < -0.39 is 0 Å². The van der Waals surface area contributed by atoms with Gasteiger partial charge in [-0.15, -0.1) is 22.7 Å². The van der Waals surface area contributed by atoms with Gasteiger partial charge >= 0.3 is 0 Å². The van der Waals surface area contributed by atoms with Crippen LogP contribution in [0.3, 0.4) is 0 Å². The number of benzene rings is 1. The van der Waals surface area contributed by atoms with Crippen LogP contribution < -0.4 is 10.2 Å². The zero-order chi connectivity index (χ0) is 17.2. The maximum Gasteiger partial charge on any atom is 0.268 e. The second-order valence-electron chi connectivity index (χ2n) is 5.83. The van der Waals surface area contributed by atoms with Crippen molar-refractivity contribution in [3.8, 4) is 0 Å². The van der Waals surface area contributed by atoms with E-state index in [-0.39, 0.29) is 11.8 Å². The van der Waals surface area contributed by atoms with Crippen molar-refractivity contribution < 1.29 is 9.59 Å². The van der Waals surface area contributed by atoms with Gasteiger partial charge in [-0.1, -0.05) is 12.1 Å². The highest BCUT2D eigenvalue weighted by atomic mass is 32.1. The molecule has 2 aromatic heterocycles. The first-order chi connectivity index (χ1) is 12.2. The Kier molecular flexibility index (Phi) is 4.38. The van der Waals surface area contributed by atoms with E-state index in [1.54, 1.807) is 11.3 Å². The smallest absolute Gasteiger partial charge is 0.268 e. The van der Waals surface area contributed by atoms with Crippen LogP contribution in [0.5, 0.6) is 0 Å². The fourth-order valence-electron chi connectivity index (χ4n) is 3.00. The molecule has 4 nitrogen and oxygen atoms in total. The maximum atomic E-state index is 12.6. The number of amides is 2. The van der Waals surface area contributed by atoms with Crippen molar-refractivity contribution in [2.75, 3.05) is 16.8 Å². The number of fused-ring (bicyclic) bond motifs is 1. The molecule has 0 aliphatic carbocycles. The Balaban J connectivity index is 1.48. The van der Waals surface area contributed by atoms with E-state index >= 15 is 0 Å². The molecule has 1 aliphatic heterocycles. The molecule has 0 unspecified atom stereocenters. The monoisotopic (exact) mass is 368 g/mol. The molecule has 3 aromatic rings. The largest absolute Gasteiger partial charge is 0.326 e. The van der Waals surface area contributed by atoms with Gasteiger partial charge in [0.15, 0.2) is 0 Å². The SMILES string of the molecule is O=C(Cc1cccs1)Nc1ccc2c(c1)CCN2C(=O)c1cccs1. The van der Waals surface area contributed by atoms with Crippen LogP contribution in [-0.4, -0.2) is 18.4 Å². The molecule has 0 saturated heterocycles. The van der Waals surface area contributed by atoms with Crippen molar-refractivity contribution in [2.45, 2.75) is 12.8 Å². The van der Waals surface area contributed by atoms with Crippen LogP contribution in [0.4, 0.5) is 11.4 Å². The lowest BCUT2D eigenvalue weighted by Crippen LogP contribution is -2.28. The van der Waals surface area contributed by atoms with Crippen molar-refractivity contribution in [1.82, 2.24) is 0 Å². The predicted molar refractivity (Wildman–Crippen MR) is 103 cm³/mol. The fraction of sp³-hybridized carbons (Fsp3) is 0.158. The van der Waals surface area contributed by atoms with Gasteiger partial charge in [0.2, 0.25) is 5.91 Å². The van der Waals surface area contributed by atoms with E-state index in [0.717, 1.165) is 33.1 Å². The summed E-state index contributed by atoms with van der Waals surface area (Å²) in [7, 11) is 0. The Morgan fingerprint density at radius 2 is 1.92 bits per heavy atom. The molecular weight excluding hydrogens is 352 g/mol. The summed E-state index contributed by atoms with van der Waals surface area (Å²) in [6.07, 6.45) is 1.19. The third-order valence-corrected chi connectivity index (χ3v) is 5.89. The number of carbonyl (C=O) groups excluding carboxylic acids is 2. The molecular formula is C19H16N2O2S2. The molecule has 1 aliphatic rings. The van der Waals surface area contributed by atoms with E-state index in [1.165, 1.54) is 11.3 Å². The minimum Gasteiger partial charge on any atom is -0.326 e. The number of thiophene rings is 2. The number of nitrogens with zero attached hydrogens (tertiary/aromatic N) is 1. The highest BCUT2D eigenvalue weighted by Crippen LogP contribution is 2.32. The van der Waals surface area contributed by atoms with Crippen LogP contribution in [0.1, 0.15) is 20.1 Å². The molecule has 0 bridgehead atoms. The van der Waals surface area contributed by atoms with Gasteiger partial charge in [-0.25, -0.2) is 0 Å². The van der Waals surface area contributed by atoms with E-state index in [0.29, 0.717) is 13.0 Å². The normalized spacial score (nSPS) is 12.9. The highest BCUT2D eigenvalue weighted by molar-refractivity contribution is 7.12. The van der Waals surface area contributed by atoms with Crippen LogP contribution in [-0.2, 0) is 17.6 Å². The summed E-state index contributed by atoms with van der Waals surface area (Å²) in [6, 6.07) is 13.4. The lowest BCUT2D eigenvalue weighted by Gasteiger charge is -2.16. The van der Waals surface area contributed by atoms with Gasteiger partial charge in [0, 0.05) is 22.8 Å². The van der Waals surface area contributed by atoms with Crippen LogP contribution in [0, 0.1) is 0 Å².